The van der Waals surface area contributed by atoms with E-state index >= 15 is 0 Å². The maximum Gasteiger partial charge on any atom is 0.416 e. The second kappa shape index (κ2) is 8.65. The number of fused-ring (bicyclic) bond motifs is 1. The molecule has 0 saturated heterocycles. The van der Waals surface area contributed by atoms with Gasteiger partial charge in [0.25, 0.3) is 5.56 Å². The number of anilines is 4. The van der Waals surface area contributed by atoms with Crippen LogP contribution in [0.3, 0.4) is 0 Å². The van der Waals surface area contributed by atoms with Crippen LogP contribution in [0.4, 0.5) is 36.3 Å². The molecule has 0 bridgehead atoms. The molecule has 1 atom stereocenters. The van der Waals surface area contributed by atoms with Gasteiger partial charge in [-0.1, -0.05) is 18.2 Å². The van der Waals surface area contributed by atoms with Gasteiger partial charge in [-0.25, -0.2) is 0 Å². The van der Waals surface area contributed by atoms with E-state index in [2.05, 4.69) is 25.9 Å². The molecule has 8 nitrogen and oxygen atoms in total. The molecule has 2 heterocycles. The Morgan fingerprint density at radius 2 is 1.88 bits per heavy atom. The third-order valence-electron chi connectivity index (χ3n) is 5.37. The van der Waals surface area contributed by atoms with Crippen molar-refractivity contribution in [2.45, 2.75) is 32.4 Å². The summed E-state index contributed by atoms with van der Waals surface area (Å²) in [6.07, 6.45) is -4.80. The zero-order valence-corrected chi connectivity index (χ0v) is 18.1. The molecule has 1 aliphatic rings. The number of aromatic amines is 1. The van der Waals surface area contributed by atoms with E-state index in [-0.39, 0.29) is 29.4 Å². The minimum Gasteiger partial charge on any atom is -0.326 e. The van der Waals surface area contributed by atoms with Gasteiger partial charge in [-0.3, -0.25) is 19.4 Å². The van der Waals surface area contributed by atoms with Crippen molar-refractivity contribution in [2.75, 3.05) is 16.0 Å². The van der Waals surface area contributed by atoms with Crippen LogP contribution in [0.25, 0.3) is 0 Å². The number of carbonyl (C=O) groups excluding carboxylic acids is 2. The summed E-state index contributed by atoms with van der Waals surface area (Å²) >= 11 is 0. The number of nitrogens with one attached hydrogen (secondary N) is 4. The van der Waals surface area contributed by atoms with E-state index in [1.165, 1.54) is 12.1 Å². The molecule has 1 aliphatic heterocycles. The quantitative estimate of drug-likeness (QED) is 0.455. The lowest BCUT2D eigenvalue weighted by molar-refractivity contribution is -0.137. The van der Waals surface area contributed by atoms with Crippen LogP contribution in [0.15, 0.2) is 47.3 Å². The van der Waals surface area contributed by atoms with Gasteiger partial charge < -0.3 is 16.0 Å². The van der Waals surface area contributed by atoms with Gasteiger partial charge in [-0.05, 0) is 49.2 Å². The van der Waals surface area contributed by atoms with Crippen molar-refractivity contribution < 1.29 is 22.8 Å². The molecule has 34 heavy (non-hydrogen) atoms. The molecular weight excluding hydrogens is 451 g/mol. The van der Waals surface area contributed by atoms with Gasteiger partial charge in [0.2, 0.25) is 17.8 Å². The summed E-state index contributed by atoms with van der Waals surface area (Å²) in [5, 5.41) is 7.83. The molecule has 2 amide bonds. The number of halogens is 3. The van der Waals surface area contributed by atoms with Gasteiger partial charge in [0, 0.05) is 17.8 Å². The summed E-state index contributed by atoms with van der Waals surface area (Å²) in [6, 6.07) is 9.85. The molecule has 11 heteroatoms. The van der Waals surface area contributed by atoms with E-state index in [1.54, 1.807) is 6.07 Å². The first-order chi connectivity index (χ1) is 16.0. The number of aromatic nitrogens is 2. The Hall–Kier alpha value is -4.15. The van der Waals surface area contributed by atoms with Crippen LogP contribution >= 0.6 is 0 Å². The van der Waals surface area contributed by atoms with Crippen LogP contribution in [0.1, 0.15) is 34.6 Å². The van der Waals surface area contributed by atoms with Gasteiger partial charge in [0.1, 0.15) is 5.82 Å². The topological polar surface area (TPSA) is 116 Å². The summed E-state index contributed by atoms with van der Waals surface area (Å²) in [5.74, 6) is -2.47. The van der Waals surface area contributed by atoms with Crippen LogP contribution in [0.2, 0.25) is 0 Å². The Bertz CT molecular complexity index is 1350. The van der Waals surface area contributed by atoms with Gasteiger partial charge in [-0.15, -0.1) is 0 Å². The number of amides is 2. The van der Waals surface area contributed by atoms with Gasteiger partial charge >= 0.3 is 6.18 Å². The number of carbonyl (C=O) groups is 2. The molecule has 1 aromatic heterocycles. The van der Waals surface area contributed by atoms with E-state index < -0.39 is 35.0 Å². The first kappa shape index (κ1) is 23.0. The molecule has 4 rings (SSSR count). The van der Waals surface area contributed by atoms with Crippen LogP contribution in [0, 0.1) is 13.8 Å². The normalized spacial score (nSPS) is 15.3. The fourth-order valence-corrected chi connectivity index (χ4v) is 3.65. The SMILES string of the molecule is Cc1ccc(C)c(NC(=O)[C@@H]2CC(=O)Nc3nc(Nc4cccc(C(F)(F)F)c4)[nH]c(=O)c32)c1. The van der Waals surface area contributed by atoms with Crippen LogP contribution in [0.5, 0.6) is 0 Å². The molecular formula is C23H20F3N5O3. The summed E-state index contributed by atoms with van der Waals surface area (Å²) < 4.78 is 38.9. The maximum absolute atomic E-state index is 13.0. The van der Waals surface area contributed by atoms with Crippen molar-refractivity contribution in [3.8, 4) is 0 Å². The molecule has 3 aromatic rings. The number of alkyl halides is 3. The molecule has 0 aliphatic carbocycles. The fraction of sp³-hybridized carbons (Fsp3) is 0.217. The van der Waals surface area contributed by atoms with Crippen LogP contribution in [-0.2, 0) is 15.8 Å². The van der Waals surface area contributed by atoms with Crippen molar-refractivity contribution in [1.82, 2.24) is 9.97 Å². The van der Waals surface area contributed by atoms with Gasteiger partial charge in [0.15, 0.2) is 0 Å². The van der Waals surface area contributed by atoms with E-state index in [1.807, 2.05) is 26.0 Å². The highest BCUT2D eigenvalue weighted by atomic mass is 19.4. The highest BCUT2D eigenvalue weighted by Gasteiger charge is 2.35. The average molecular weight is 471 g/mol. The predicted octanol–water partition coefficient (Wildman–Crippen LogP) is 4.21. The van der Waals surface area contributed by atoms with Crippen LogP contribution in [-0.4, -0.2) is 21.8 Å². The van der Waals surface area contributed by atoms with Crippen molar-refractivity contribution in [1.29, 1.82) is 0 Å². The van der Waals surface area contributed by atoms with Gasteiger partial charge in [-0.2, -0.15) is 18.2 Å². The smallest absolute Gasteiger partial charge is 0.326 e. The highest BCUT2D eigenvalue weighted by molar-refractivity contribution is 6.04. The highest BCUT2D eigenvalue weighted by Crippen LogP contribution is 2.33. The summed E-state index contributed by atoms with van der Waals surface area (Å²) in [4.78, 5) is 44.7. The minimum atomic E-state index is -4.54. The van der Waals surface area contributed by atoms with E-state index in [0.29, 0.717) is 5.69 Å². The second-order valence-corrected chi connectivity index (χ2v) is 7.99. The number of rotatable bonds is 4. The van der Waals surface area contributed by atoms with E-state index in [0.717, 1.165) is 23.3 Å². The first-order valence-electron chi connectivity index (χ1n) is 10.3. The first-order valence-corrected chi connectivity index (χ1v) is 10.3. The molecule has 0 radical (unpaired) electrons. The predicted molar refractivity (Wildman–Crippen MR) is 120 cm³/mol. The number of hydrogen-bond acceptors (Lipinski definition) is 5. The lowest BCUT2D eigenvalue weighted by atomic mass is 9.92. The summed E-state index contributed by atoms with van der Waals surface area (Å²) in [5.41, 5.74) is 0.723. The Kier molecular flexibility index (Phi) is 5.86. The summed E-state index contributed by atoms with van der Waals surface area (Å²) in [6.45, 7) is 3.68. The zero-order valence-electron chi connectivity index (χ0n) is 18.1. The summed E-state index contributed by atoms with van der Waals surface area (Å²) in [7, 11) is 0. The monoisotopic (exact) mass is 471 g/mol. The van der Waals surface area contributed by atoms with Crippen LogP contribution < -0.4 is 21.5 Å². The number of aryl methyl sites for hydroxylation is 2. The minimum absolute atomic E-state index is 0.0306. The Morgan fingerprint density at radius 3 is 2.62 bits per heavy atom. The number of H-pyrrole nitrogens is 1. The van der Waals surface area contributed by atoms with Crippen molar-refractivity contribution in [3.63, 3.8) is 0 Å². The van der Waals surface area contributed by atoms with E-state index in [4.69, 9.17) is 0 Å². The Balaban J connectivity index is 1.64. The average Bonchev–Trinajstić information content (AvgIpc) is 2.75. The molecule has 0 saturated carbocycles. The van der Waals surface area contributed by atoms with Crippen molar-refractivity contribution >= 4 is 35.0 Å². The molecule has 0 unspecified atom stereocenters. The lowest BCUT2D eigenvalue weighted by Gasteiger charge is -2.24. The molecule has 0 spiro atoms. The molecule has 0 fully saturated rings. The number of hydrogen-bond donors (Lipinski definition) is 4. The lowest BCUT2D eigenvalue weighted by Crippen LogP contribution is -2.36. The zero-order chi connectivity index (χ0) is 24.6. The molecule has 176 valence electrons. The van der Waals surface area contributed by atoms with Crippen molar-refractivity contribution in [3.05, 3.63) is 75.1 Å². The Morgan fingerprint density at radius 1 is 1.12 bits per heavy atom. The maximum atomic E-state index is 13.0. The molecule has 2 aromatic carbocycles. The van der Waals surface area contributed by atoms with E-state index in [9.17, 15) is 27.6 Å². The fourth-order valence-electron chi connectivity index (χ4n) is 3.65. The van der Waals surface area contributed by atoms with Gasteiger partial charge in [0.05, 0.1) is 17.0 Å². The largest absolute Gasteiger partial charge is 0.416 e. The second-order valence-electron chi connectivity index (χ2n) is 7.99. The third kappa shape index (κ3) is 4.77. The number of nitrogens with zero attached hydrogens (tertiary/aromatic N) is 1. The standard InChI is InChI=1S/C23H20F3N5O3/c1-11-6-7-12(2)16(8-11)28-20(33)15-10-17(32)29-19-18(15)21(34)31-22(30-19)27-14-5-3-4-13(9-14)23(24,25)26/h3-9,15H,10H2,1-2H3,(H,28,33)(H3,27,29,30,31,32,34)/t15-/m1/s1. The Labute approximate surface area is 191 Å². The molecule has 4 N–H and O–H groups in total. The number of benzene rings is 2. The third-order valence-corrected chi connectivity index (χ3v) is 5.37. The van der Waals surface area contributed by atoms with Crippen molar-refractivity contribution in [2.24, 2.45) is 0 Å².